The lowest BCUT2D eigenvalue weighted by Crippen LogP contribution is -2.22. The van der Waals surface area contributed by atoms with Crippen LogP contribution in [0, 0.1) is 0 Å². The molecular formula is C24H23N5O2. The van der Waals surface area contributed by atoms with E-state index >= 15 is 0 Å². The number of hydrogen-bond donors (Lipinski definition) is 2. The van der Waals surface area contributed by atoms with Crippen LogP contribution in [-0.2, 0) is 13.1 Å². The zero-order valence-corrected chi connectivity index (χ0v) is 16.9. The highest BCUT2D eigenvalue weighted by Crippen LogP contribution is 2.14. The van der Waals surface area contributed by atoms with Crippen LogP contribution in [-0.4, -0.2) is 27.3 Å². The van der Waals surface area contributed by atoms with E-state index in [9.17, 15) is 4.79 Å². The van der Waals surface area contributed by atoms with Crippen LogP contribution < -0.4 is 15.4 Å². The minimum atomic E-state index is -0.320. The van der Waals surface area contributed by atoms with Crippen molar-refractivity contribution in [2.45, 2.75) is 13.1 Å². The van der Waals surface area contributed by atoms with Crippen molar-refractivity contribution in [1.29, 1.82) is 0 Å². The quantitative estimate of drug-likeness (QED) is 0.428. The van der Waals surface area contributed by atoms with Gasteiger partial charge in [0.25, 0.3) is 5.91 Å². The largest absolute Gasteiger partial charge is 0.484 e. The van der Waals surface area contributed by atoms with Crippen molar-refractivity contribution >= 4 is 17.8 Å². The zero-order valence-electron chi connectivity index (χ0n) is 16.9. The Bertz CT molecular complexity index is 1100. The van der Waals surface area contributed by atoms with Gasteiger partial charge in [0.05, 0.1) is 0 Å². The van der Waals surface area contributed by atoms with Gasteiger partial charge < -0.3 is 15.4 Å². The number of anilines is 2. The summed E-state index contributed by atoms with van der Waals surface area (Å²) >= 11 is 0. The molecule has 4 rings (SSSR count). The van der Waals surface area contributed by atoms with E-state index in [0.717, 1.165) is 11.1 Å². The number of rotatable bonds is 9. The Morgan fingerprint density at radius 1 is 0.774 bits per heavy atom. The van der Waals surface area contributed by atoms with E-state index in [1.165, 1.54) is 4.68 Å². The Morgan fingerprint density at radius 2 is 1.32 bits per heavy atom. The van der Waals surface area contributed by atoms with Gasteiger partial charge >= 0.3 is 0 Å². The fourth-order valence-electron chi connectivity index (χ4n) is 2.95. The second kappa shape index (κ2) is 10.1. The van der Waals surface area contributed by atoms with Crippen molar-refractivity contribution in [2.24, 2.45) is 0 Å². The molecule has 1 heterocycles. The third kappa shape index (κ3) is 5.70. The second-order valence-corrected chi connectivity index (χ2v) is 6.84. The number of hydrogen-bond acceptors (Lipinski definition) is 6. The molecule has 0 unspecified atom stereocenters. The number of nitrogens with zero attached hydrogens (tertiary/aromatic N) is 3. The highest BCUT2D eigenvalue weighted by Gasteiger charge is 2.17. The summed E-state index contributed by atoms with van der Waals surface area (Å²) in [5, 5.41) is 10.7. The smallest absolute Gasteiger partial charge is 0.288 e. The number of aromatic nitrogens is 3. The maximum absolute atomic E-state index is 12.8. The summed E-state index contributed by atoms with van der Waals surface area (Å²) in [6.07, 6.45) is 0. The Labute approximate surface area is 180 Å². The molecule has 0 saturated carbocycles. The molecule has 2 N–H and O–H groups in total. The molecule has 4 aromatic rings. The normalized spacial score (nSPS) is 10.5. The van der Waals surface area contributed by atoms with Crippen LogP contribution in [0.2, 0.25) is 0 Å². The third-order valence-corrected chi connectivity index (χ3v) is 4.54. The molecule has 7 nitrogen and oxygen atoms in total. The monoisotopic (exact) mass is 413 g/mol. The first-order valence-corrected chi connectivity index (χ1v) is 10.0. The Hall–Kier alpha value is -4.13. The maximum Gasteiger partial charge on any atom is 0.288 e. The van der Waals surface area contributed by atoms with E-state index < -0.39 is 0 Å². The van der Waals surface area contributed by atoms with E-state index in [1.807, 2.05) is 78.9 Å². The molecule has 0 aliphatic heterocycles. The third-order valence-electron chi connectivity index (χ3n) is 4.54. The van der Waals surface area contributed by atoms with Gasteiger partial charge in [-0.3, -0.25) is 4.79 Å². The van der Waals surface area contributed by atoms with Gasteiger partial charge in [0.15, 0.2) is 6.61 Å². The highest BCUT2D eigenvalue weighted by molar-refractivity contribution is 5.82. The number of benzene rings is 3. The van der Waals surface area contributed by atoms with Gasteiger partial charge in [0, 0.05) is 13.1 Å². The summed E-state index contributed by atoms with van der Waals surface area (Å²) in [6, 6.07) is 29.0. The summed E-state index contributed by atoms with van der Waals surface area (Å²) < 4.78 is 6.84. The first kappa shape index (κ1) is 20.2. The van der Waals surface area contributed by atoms with Crippen molar-refractivity contribution in [3.63, 3.8) is 0 Å². The minimum absolute atomic E-state index is 0.147. The van der Waals surface area contributed by atoms with Crippen molar-refractivity contribution in [1.82, 2.24) is 14.8 Å². The molecule has 0 radical (unpaired) electrons. The molecule has 1 aromatic heterocycles. The molecule has 0 fully saturated rings. The van der Waals surface area contributed by atoms with Crippen LogP contribution in [0.1, 0.15) is 15.9 Å². The molecule has 0 aliphatic carbocycles. The Kier molecular flexibility index (Phi) is 6.54. The van der Waals surface area contributed by atoms with Crippen molar-refractivity contribution in [2.75, 3.05) is 17.2 Å². The van der Waals surface area contributed by atoms with Gasteiger partial charge in [-0.1, -0.05) is 78.9 Å². The van der Waals surface area contributed by atoms with Crippen molar-refractivity contribution in [3.8, 4) is 5.75 Å². The summed E-state index contributed by atoms with van der Waals surface area (Å²) in [4.78, 5) is 17.3. The second-order valence-electron chi connectivity index (χ2n) is 6.84. The highest BCUT2D eigenvalue weighted by atomic mass is 16.5. The predicted molar refractivity (Wildman–Crippen MR) is 120 cm³/mol. The molecule has 7 heteroatoms. The summed E-state index contributed by atoms with van der Waals surface area (Å²) in [5.41, 5.74) is 2.17. The Morgan fingerprint density at radius 3 is 1.94 bits per heavy atom. The molecule has 0 spiro atoms. The van der Waals surface area contributed by atoms with Gasteiger partial charge in [0.1, 0.15) is 5.75 Å². The van der Waals surface area contributed by atoms with E-state index in [4.69, 9.17) is 4.74 Å². The van der Waals surface area contributed by atoms with Crippen LogP contribution in [0.25, 0.3) is 0 Å². The number of ether oxygens (including phenoxy) is 1. The summed E-state index contributed by atoms with van der Waals surface area (Å²) in [7, 11) is 0. The van der Waals surface area contributed by atoms with E-state index in [0.29, 0.717) is 30.7 Å². The van der Waals surface area contributed by atoms with Crippen molar-refractivity contribution in [3.05, 3.63) is 102 Å². The molecule has 31 heavy (non-hydrogen) atoms. The van der Waals surface area contributed by atoms with Crippen LogP contribution >= 0.6 is 0 Å². The number of nitrogens with one attached hydrogen (secondary N) is 2. The van der Waals surface area contributed by atoms with Gasteiger partial charge in [-0.15, -0.1) is 5.10 Å². The van der Waals surface area contributed by atoms with Gasteiger partial charge in [0.2, 0.25) is 11.9 Å². The topological polar surface area (TPSA) is 81.1 Å². The fourth-order valence-corrected chi connectivity index (χ4v) is 2.95. The predicted octanol–water partition coefficient (Wildman–Crippen LogP) is 4.22. The number of carbonyl (C=O) groups excluding carboxylic acids is 1. The van der Waals surface area contributed by atoms with E-state index in [1.54, 1.807) is 12.1 Å². The molecule has 0 saturated heterocycles. The lowest BCUT2D eigenvalue weighted by Gasteiger charge is -2.08. The SMILES string of the molecule is O=C(COc1ccccc1)n1nc(NCc2ccccc2)nc1NCc1ccccc1. The lowest BCUT2D eigenvalue weighted by molar-refractivity contribution is 0.0824. The lowest BCUT2D eigenvalue weighted by atomic mass is 10.2. The van der Waals surface area contributed by atoms with Gasteiger partial charge in [-0.25, -0.2) is 0 Å². The minimum Gasteiger partial charge on any atom is -0.484 e. The molecule has 3 aromatic carbocycles. The zero-order chi connectivity index (χ0) is 21.3. The Balaban J connectivity index is 1.47. The molecule has 156 valence electrons. The first-order valence-electron chi connectivity index (χ1n) is 10.0. The summed E-state index contributed by atoms with van der Waals surface area (Å²) in [5.74, 6) is 1.03. The fraction of sp³-hybridized carbons (Fsp3) is 0.125. The number of para-hydroxylation sites is 1. The van der Waals surface area contributed by atoms with Crippen molar-refractivity contribution < 1.29 is 9.53 Å². The van der Waals surface area contributed by atoms with Crippen LogP contribution in [0.4, 0.5) is 11.9 Å². The average Bonchev–Trinajstić information content (AvgIpc) is 3.25. The van der Waals surface area contributed by atoms with Crippen LogP contribution in [0.5, 0.6) is 5.75 Å². The first-order chi connectivity index (χ1) is 15.3. The molecule has 0 aliphatic rings. The van der Waals surface area contributed by atoms with E-state index in [2.05, 4.69) is 20.7 Å². The number of carbonyl (C=O) groups is 1. The molecule has 0 atom stereocenters. The average molecular weight is 413 g/mol. The molecular weight excluding hydrogens is 390 g/mol. The van der Waals surface area contributed by atoms with Crippen LogP contribution in [0.15, 0.2) is 91.0 Å². The molecule has 0 amide bonds. The molecule has 0 bridgehead atoms. The van der Waals surface area contributed by atoms with E-state index in [-0.39, 0.29) is 12.5 Å². The summed E-state index contributed by atoms with van der Waals surface area (Å²) in [6.45, 7) is 0.924. The van der Waals surface area contributed by atoms with Crippen LogP contribution in [0.3, 0.4) is 0 Å². The van der Waals surface area contributed by atoms with Gasteiger partial charge in [-0.2, -0.15) is 9.67 Å². The maximum atomic E-state index is 12.8. The standard InChI is InChI=1S/C24H23N5O2/c30-22(18-31-21-14-8-3-9-15-21)29-24(26-17-20-12-6-2-7-13-20)27-23(28-29)25-16-19-10-4-1-5-11-19/h1-15H,16-18H2,(H2,25,26,27,28). The van der Waals surface area contributed by atoms with Gasteiger partial charge in [-0.05, 0) is 23.3 Å².